The number of nitrogens with one attached hydrogen (secondary N) is 1. The van der Waals surface area contributed by atoms with Crippen LogP contribution < -0.4 is 5.32 Å². The fourth-order valence-corrected chi connectivity index (χ4v) is 3.56. The van der Waals surface area contributed by atoms with E-state index in [0.29, 0.717) is 11.1 Å². The Labute approximate surface area is 199 Å². The number of carboxylic acid groups (broad SMARTS) is 1. The first-order valence-corrected chi connectivity index (χ1v) is 10.4. The highest BCUT2D eigenvalue weighted by atomic mass is 16.4. The molecule has 4 rings (SSSR count). The van der Waals surface area contributed by atoms with Gasteiger partial charge in [0.2, 0.25) is 5.91 Å². The number of phenols is 2. The number of benzene rings is 4. The molecule has 0 spiro atoms. The zero-order valence-corrected chi connectivity index (χ0v) is 18.4. The summed E-state index contributed by atoms with van der Waals surface area (Å²) in [4.78, 5) is 36.2. The number of phenolic OH excluding ortho intramolecular Hbond substituents is 2. The van der Waals surface area contributed by atoms with Crippen molar-refractivity contribution < 1.29 is 29.7 Å². The van der Waals surface area contributed by atoms with Crippen molar-refractivity contribution in [2.75, 3.05) is 5.32 Å². The van der Waals surface area contributed by atoms with Crippen molar-refractivity contribution in [3.63, 3.8) is 0 Å². The van der Waals surface area contributed by atoms with E-state index >= 15 is 0 Å². The zero-order valence-electron chi connectivity index (χ0n) is 18.4. The fraction of sp³-hybridized carbons (Fsp3) is 0.0385. The molecule has 4 aromatic rings. The van der Waals surface area contributed by atoms with Crippen LogP contribution in [0.1, 0.15) is 33.2 Å². The van der Waals surface area contributed by atoms with Crippen LogP contribution in [0, 0.1) is 0 Å². The van der Waals surface area contributed by atoms with Gasteiger partial charge in [0.15, 0.2) is 5.78 Å². The topological polar surface area (TPSA) is 149 Å². The molecule has 9 heteroatoms. The number of anilines is 1. The zero-order chi connectivity index (χ0) is 25.1. The van der Waals surface area contributed by atoms with Crippen LogP contribution in [-0.4, -0.2) is 33.0 Å². The van der Waals surface area contributed by atoms with Crippen LogP contribution in [0.4, 0.5) is 17.1 Å². The number of carboxylic acids is 1. The number of rotatable bonds is 6. The van der Waals surface area contributed by atoms with E-state index in [9.17, 15) is 29.7 Å². The Morgan fingerprint density at radius 1 is 0.829 bits per heavy atom. The highest BCUT2D eigenvalue weighted by Gasteiger charge is 2.19. The maximum absolute atomic E-state index is 13.0. The molecule has 0 fully saturated rings. The molecule has 4 N–H and O–H groups in total. The molecule has 0 aliphatic carbocycles. The highest BCUT2D eigenvalue weighted by molar-refractivity contribution is 6.14. The smallest absolute Gasteiger partial charge is 0.336 e. The Balaban J connectivity index is 1.79. The second kappa shape index (κ2) is 9.44. The van der Waals surface area contributed by atoms with Crippen LogP contribution in [0.15, 0.2) is 83.0 Å². The molecule has 9 nitrogen and oxygen atoms in total. The Hall–Kier alpha value is -5.05. The van der Waals surface area contributed by atoms with Gasteiger partial charge in [0, 0.05) is 23.4 Å². The quantitative estimate of drug-likeness (QED) is 0.215. The second-order valence-electron chi connectivity index (χ2n) is 7.63. The van der Waals surface area contributed by atoms with E-state index in [-0.39, 0.29) is 45.5 Å². The van der Waals surface area contributed by atoms with E-state index in [1.165, 1.54) is 55.5 Å². The summed E-state index contributed by atoms with van der Waals surface area (Å²) in [6.07, 6.45) is 0. The molecule has 174 valence electrons. The number of hydrogen-bond donors (Lipinski definition) is 4. The maximum Gasteiger partial charge on any atom is 0.336 e. The summed E-state index contributed by atoms with van der Waals surface area (Å²) >= 11 is 0. The van der Waals surface area contributed by atoms with Gasteiger partial charge in [-0.1, -0.05) is 30.3 Å². The molecule has 0 bridgehead atoms. The van der Waals surface area contributed by atoms with Crippen molar-refractivity contribution in [2.24, 2.45) is 10.2 Å². The fourth-order valence-electron chi connectivity index (χ4n) is 3.56. The van der Waals surface area contributed by atoms with Crippen LogP contribution >= 0.6 is 0 Å². The summed E-state index contributed by atoms with van der Waals surface area (Å²) in [5.41, 5.74) is 0.468. The summed E-state index contributed by atoms with van der Waals surface area (Å²) in [7, 11) is 0. The van der Waals surface area contributed by atoms with Gasteiger partial charge in [-0.25, -0.2) is 4.79 Å². The van der Waals surface area contributed by atoms with Gasteiger partial charge < -0.3 is 20.6 Å². The van der Waals surface area contributed by atoms with Gasteiger partial charge in [0.1, 0.15) is 22.9 Å². The van der Waals surface area contributed by atoms with Crippen molar-refractivity contribution in [3.8, 4) is 11.5 Å². The minimum atomic E-state index is -1.24. The molecule has 1 amide bonds. The third-order valence-electron chi connectivity index (χ3n) is 5.18. The van der Waals surface area contributed by atoms with E-state index in [2.05, 4.69) is 15.5 Å². The Bertz CT molecular complexity index is 1530. The predicted octanol–water partition coefficient (Wildman–Crippen LogP) is 5.55. The lowest BCUT2D eigenvalue weighted by atomic mass is 9.98. The van der Waals surface area contributed by atoms with Crippen molar-refractivity contribution in [2.45, 2.75) is 6.92 Å². The number of aromatic carboxylic acids is 1. The van der Waals surface area contributed by atoms with E-state index < -0.39 is 11.8 Å². The minimum Gasteiger partial charge on any atom is -0.508 e. The first kappa shape index (κ1) is 23.1. The van der Waals surface area contributed by atoms with Crippen molar-refractivity contribution in [1.82, 2.24) is 0 Å². The molecule has 0 radical (unpaired) electrons. The van der Waals surface area contributed by atoms with E-state index in [4.69, 9.17) is 0 Å². The average Bonchev–Trinajstić information content (AvgIpc) is 2.83. The molecular formula is C26H19N3O6. The van der Waals surface area contributed by atoms with Gasteiger partial charge in [0.05, 0.1) is 11.3 Å². The summed E-state index contributed by atoms with van der Waals surface area (Å²) < 4.78 is 0. The lowest BCUT2D eigenvalue weighted by molar-refractivity contribution is -0.114. The summed E-state index contributed by atoms with van der Waals surface area (Å²) in [5, 5.41) is 41.8. The maximum atomic E-state index is 13.0. The lowest BCUT2D eigenvalue weighted by Gasteiger charge is -2.10. The third-order valence-corrected chi connectivity index (χ3v) is 5.18. The highest BCUT2D eigenvalue weighted by Crippen LogP contribution is 2.38. The van der Waals surface area contributed by atoms with Crippen LogP contribution in [0.2, 0.25) is 0 Å². The molecule has 0 heterocycles. The molecular weight excluding hydrogens is 450 g/mol. The molecule has 0 saturated carbocycles. The van der Waals surface area contributed by atoms with Crippen LogP contribution in [0.25, 0.3) is 10.8 Å². The minimum absolute atomic E-state index is 0.00829. The van der Waals surface area contributed by atoms with Gasteiger partial charge in [-0.2, -0.15) is 0 Å². The number of aromatic hydroxyl groups is 2. The summed E-state index contributed by atoms with van der Waals surface area (Å²) in [6.45, 7) is 1.34. The van der Waals surface area contributed by atoms with Crippen molar-refractivity contribution in [3.05, 3.63) is 89.5 Å². The molecule has 0 aliphatic heterocycles. The number of fused-ring (bicyclic) bond motifs is 1. The number of ketones is 1. The molecule has 4 aromatic carbocycles. The van der Waals surface area contributed by atoms with Crippen molar-refractivity contribution >= 4 is 45.5 Å². The van der Waals surface area contributed by atoms with Gasteiger partial charge >= 0.3 is 5.97 Å². The summed E-state index contributed by atoms with van der Waals surface area (Å²) in [5.74, 6) is -2.42. The third kappa shape index (κ3) is 4.83. The SMILES string of the molecule is CC(=O)Nc1ccc2ccc(O)cc2c1N=Nc1cc(C(=O)c2ccccc2C(=O)O)ccc1O. The van der Waals surface area contributed by atoms with Gasteiger partial charge in [0.25, 0.3) is 0 Å². The van der Waals surface area contributed by atoms with E-state index in [1.54, 1.807) is 24.3 Å². The van der Waals surface area contributed by atoms with Crippen LogP contribution in [0.5, 0.6) is 11.5 Å². The van der Waals surface area contributed by atoms with E-state index in [0.717, 1.165) is 5.39 Å². The second-order valence-corrected chi connectivity index (χ2v) is 7.63. The Morgan fingerprint density at radius 2 is 1.54 bits per heavy atom. The summed E-state index contributed by atoms with van der Waals surface area (Å²) in [6, 6.07) is 17.8. The van der Waals surface area contributed by atoms with Gasteiger partial charge in [-0.05, 0) is 47.9 Å². The van der Waals surface area contributed by atoms with Crippen LogP contribution in [0.3, 0.4) is 0 Å². The number of amides is 1. The van der Waals surface area contributed by atoms with Crippen molar-refractivity contribution in [1.29, 1.82) is 0 Å². The average molecular weight is 469 g/mol. The molecule has 0 atom stereocenters. The molecule has 0 unspecified atom stereocenters. The normalized spacial score (nSPS) is 11.0. The number of carbonyl (C=O) groups is 3. The molecule has 35 heavy (non-hydrogen) atoms. The van der Waals surface area contributed by atoms with E-state index in [1.807, 2.05) is 0 Å². The number of carbonyl (C=O) groups excluding carboxylic acids is 2. The first-order chi connectivity index (χ1) is 16.7. The predicted molar refractivity (Wildman–Crippen MR) is 129 cm³/mol. The van der Waals surface area contributed by atoms with Gasteiger partial charge in [-0.3, -0.25) is 9.59 Å². The molecule has 0 saturated heterocycles. The first-order valence-electron chi connectivity index (χ1n) is 10.4. The lowest BCUT2D eigenvalue weighted by Crippen LogP contribution is -2.09. The molecule has 0 aromatic heterocycles. The van der Waals surface area contributed by atoms with Gasteiger partial charge in [-0.15, -0.1) is 10.2 Å². The monoisotopic (exact) mass is 469 g/mol. The Kier molecular flexibility index (Phi) is 6.23. The number of hydrogen-bond acceptors (Lipinski definition) is 7. The van der Waals surface area contributed by atoms with Crippen LogP contribution in [-0.2, 0) is 4.79 Å². The Morgan fingerprint density at radius 3 is 2.26 bits per heavy atom. The number of nitrogens with zero attached hydrogens (tertiary/aromatic N) is 2. The largest absolute Gasteiger partial charge is 0.508 e. The molecule has 0 aliphatic rings. The standard InChI is InChI=1S/C26H19N3O6/c1-14(30)27-21-10-7-15-6-9-17(31)13-20(15)24(21)29-28-22-12-16(8-11-23(22)32)25(33)18-4-2-3-5-19(18)26(34)35/h2-13,31-32H,1H3,(H,27,30)(H,34,35). The number of azo groups is 1.